The molecule has 1 aromatic rings. The summed E-state index contributed by atoms with van der Waals surface area (Å²) >= 11 is 0. The number of anilines is 1. The maximum Gasteiger partial charge on any atom is 0.351 e. The monoisotopic (exact) mass is 241 g/mol. The number of ether oxygens (including phenoxy) is 1. The average Bonchev–Trinajstić information content (AvgIpc) is 2.71. The van der Waals surface area contributed by atoms with Crippen molar-refractivity contribution < 1.29 is 14.9 Å². The SMILES string of the molecule is Nc1ccn([C@@H]2OC[C@@H](CO)[C@H]2CO)c(=O)n1. The van der Waals surface area contributed by atoms with Crippen LogP contribution in [0.25, 0.3) is 0 Å². The number of nitrogen functional groups attached to an aromatic ring is 1. The van der Waals surface area contributed by atoms with E-state index in [4.69, 9.17) is 15.6 Å². The number of aromatic nitrogens is 2. The van der Waals surface area contributed by atoms with E-state index in [0.29, 0.717) is 6.61 Å². The predicted octanol–water partition coefficient (Wildman–Crippen LogP) is -1.43. The van der Waals surface area contributed by atoms with E-state index < -0.39 is 11.9 Å². The molecule has 7 heteroatoms. The quantitative estimate of drug-likeness (QED) is 0.598. The minimum Gasteiger partial charge on any atom is -0.396 e. The molecule has 1 aliphatic rings. The van der Waals surface area contributed by atoms with E-state index in [-0.39, 0.29) is 30.9 Å². The number of nitrogens with two attached hydrogens (primary N) is 1. The van der Waals surface area contributed by atoms with Crippen LogP contribution in [-0.4, -0.2) is 39.6 Å². The van der Waals surface area contributed by atoms with Crippen LogP contribution in [0.1, 0.15) is 6.23 Å². The van der Waals surface area contributed by atoms with E-state index in [9.17, 15) is 9.90 Å². The van der Waals surface area contributed by atoms with Crippen molar-refractivity contribution in [3.8, 4) is 0 Å². The van der Waals surface area contributed by atoms with Gasteiger partial charge in [-0.05, 0) is 6.07 Å². The maximum atomic E-state index is 11.6. The summed E-state index contributed by atoms with van der Waals surface area (Å²) in [5.41, 5.74) is 4.87. The van der Waals surface area contributed by atoms with Crippen molar-refractivity contribution >= 4 is 5.82 Å². The number of hydrogen-bond acceptors (Lipinski definition) is 6. The van der Waals surface area contributed by atoms with Gasteiger partial charge in [-0.15, -0.1) is 0 Å². The molecule has 1 fully saturated rings. The van der Waals surface area contributed by atoms with Crippen molar-refractivity contribution in [1.29, 1.82) is 0 Å². The first kappa shape index (κ1) is 12.0. The van der Waals surface area contributed by atoms with Crippen LogP contribution in [0.15, 0.2) is 17.1 Å². The van der Waals surface area contributed by atoms with Gasteiger partial charge in [-0.25, -0.2) is 4.79 Å². The largest absolute Gasteiger partial charge is 0.396 e. The van der Waals surface area contributed by atoms with Crippen molar-refractivity contribution in [3.05, 3.63) is 22.7 Å². The van der Waals surface area contributed by atoms with Gasteiger partial charge in [0.25, 0.3) is 0 Å². The van der Waals surface area contributed by atoms with E-state index in [1.54, 1.807) is 0 Å². The van der Waals surface area contributed by atoms with Crippen molar-refractivity contribution in [2.24, 2.45) is 11.8 Å². The third-order valence-corrected chi connectivity index (χ3v) is 3.02. The summed E-state index contributed by atoms with van der Waals surface area (Å²) in [6.45, 7) is 0.0643. The summed E-state index contributed by atoms with van der Waals surface area (Å²) in [5, 5.41) is 18.4. The number of aliphatic hydroxyl groups is 2. The summed E-state index contributed by atoms with van der Waals surface area (Å²) in [5.74, 6) is -0.346. The van der Waals surface area contributed by atoms with Gasteiger partial charge in [0.1, 0.15) is 12.0 Å². The Morgan fingerprint density at radius 3 is 2.88 bits per heavy atom. The second-order valence-electron chi connectivity index (χ2n) is 4.06. The molecule has 0 aromatic carbocycles. The molecule has 7 nitrogen and oxygen atoms in total. The number of aliphatic hydroxyl groups excluding tert-OH is 2. The van der Waals surface area contributed by atoms with Gasteiger partial charge in [-0.3, -0.25) is 4.57 Å². The first-order valence-electron chi connectivity index (χ1n) is 5.35. The molecule has 0 amide bonds. The zero-order valence-electron chi connectivity index (χ0n) is 9.19. The average molecular weight is 241 g/mol. The lowest BCUT2D eigenvalue weighted by Gasteiger charge is -2.20. The van der Waals surface area contributed by atoms with E-state index in [1.807, 2.05) is 0 Å². The molecule has 0 radical (unpaired) electrons. The number of rotatable bonds is 3. The molecule has 4 N–H and O–H groups in total. The molecule has 1 aliphatic heterocycles. The van der Waals surface area contributed by atoms with Crippen LogP contribution in [0.5, 0.6) is 0 Å². The van der Waals surface area contributed by atoms with Crippen molar-refractivity contribution in [2.75, 3.05) is 25.6 Å². The Bertz CT molecular complexity index is 447. The van der Waals surface area contributed by atoms with Crippen LogP contribution in [-0.2, 0) is 4.74 Å². The molecule has 0 unspecified atom stereocenters. The fourth-order valence-corrected chi connectivity index (χ4v) is 2.04. The van der Waals surface area contributed by atoms with E-state index in [1.165, 1.54) is 16.8 Å². The molecule has 0 spiro atoms. The highest BCUT2D eigenvalue weighted by Gasteiger charge is 2.38. The highest BCUT2D eigenvalue weighted by atomic mass is 16.5. The minimum absolute atomic E-state index is 0.0844. The molecular weight excluding hydrogens is 226 g/mol. The lowest BCUT2D eigenvalue weighted by molar-refractivity contribution is 0.0138. The van der Waals surface area contributed by atoms with Crippen LogP contribution in [0.4, 0.5) is 5.82 Å². The topological polar surface area (TPSA) is 111 Å². The van der Waals surface area contributed by atoms with Crippen molar-refractivity contribution in [3.63, 3.8) is 0 Å². The highest BCUT2D eigenvalue weighted by Crippen LogP contribution is 2.33. The Kier molecular flexibility index (Phi) is 3.41. The summed E-state index contributed by atoms with van der Waals surface area (Å²) in [6.07, 6.45) is 0.885. The Morgan fingerprint density at radius 1 is 1.53 bits per heavy atom. The van der Waals surface area contributed by atoms with Gasteiger partial charge in [0.05, 0.1) is 13.2 Å². The van der Waals surface area contributed by atoms with Crippen molar-refractivity contribution in [2.45, 2.75) is 6.23 Å². The summed E-state index contributed by atoms with van der Waals surface area (Å²) in [4.78, 5) is 15.2. The van der Waals surface area contributed by atoms with Gasteiger partial charge in [-0.1, -0.05) is 0 Å². The highest BCUT2D eigenvalue weighted by molar-refractivity contribution is 5.23. The molecule has 0 saturated carbocycles. The number of hydrogen-bond donors (Lipinski definition) is 3. The van der Waals surface area contributed by atoms with E-state index in [0.717, 1.165) is 0 Å². The normalized spacial score (nSPS) is 28.5. The molecule has 0 aliphatic carbocycles. The van der Waals surface area contributed by atoms with Gasteiger partial charge in [-0.2, -0.15) is 4.98 Å². The Hall–Kier alpha value is -1.44. The Balaban J connectivity index is 2.31. The Labute approximate surface area is 97.5 Å². The van der Waals surface area contributed by atoms with Crippen LogP contribution in [0.3, 0.4) is 0 Å². The predicted molar refractivity (Wildman–Crippen MR) is 59.1 cm³/mol. The smallest absolute Gasteiger partial charge is 0.351 e. The molecule has 94 valence electrons. The second kappa shape index (κ2) is 4.82. The van der Waals surface area contributed by atoms with Crippen molar-refractivity contribution in [1.82, 2.24) is 9.55 Å². The van der Waals surface area contributed by atoms with Crippen LogP contribution in [0.2, 0.25) is 0 Å². The minimum atomic E-state index is -0.599. The molecule has 1 saturated heterocycles. The fraction of sp³-hybridized carbons (Fsp3) is 0.600. The van der Waals surface area contributed by atoms with Gasteiger partial charge in [0, 0.05) is 24.6 Å². The molecule has 17 heavy (non-hydrogen) atoms. The summed E-state index contributed by atoms with van der Waals surface area (Å²) < 4.78 is 6.71. The van der Waals surface area contributed by atoms with Crippen LogP contribution >= 0.6 is 0 Å². The summed E-state index contributed by atoms with van der Waals surface area (Å²) in [6, 6.07) is 1.49. The second-order valence-corrected chi connectivity index (χ2v) is 4.06. The van der Waals surface area contributed by atoms with Gasteiger partial charge in [0.15, 0.2) is 0 Å². The zero-order chi connectivity index (χ0) is 12.4. The molecule has 0 bridgehead atoms. The lowest BCUT2D eigenvalue weighted by atomic mass is 9.95. The van der Waals surface area contributed by atoms with E-state index >= 15 is 0 Å². The molecule has 2 rings (SSSR count). The third kappa shape index (κ3) is 2.17. The first-order valence-corrected chi connectivity index (χ1v) is 5.35. The molecule has 2 heterocycles. The molecular formula is C10H15N3O4. The lowest BCUT2D eigenvalue weighted by Crippen LogP contribution is -2.32. The van der Waals surface area contributed by atoms with Gasteiger partial charge < -0.3 is 20.7 Å². The molecule has 3 atom stereocenters. The van der Waals surface area contributed by atoms with E-state index in [2.05, 4.69) is 4.98 Å². The standard InChI is InChI=1S/C10H15N3O4/c11-8-1-2-13(10(16)12-8)9-7(4-15)6(3-14)5-17-9/h1-2,6-7,9,14-15H,3-5H2,(H2,11,12,16)/t6-,7-,9-/m1/s1. The zero-order valence-corrected chi connectivity index (χ0v) is 9.19. The third-order valence-electron chi connectivity index (χ3n) is 3.02. The maximum absolute atomic E-state index is 11.6. The molecule has 1 aromatic heterocycles. The fourth-order valence-electron chi connectivity index (χ4n) is 2.04. The van der Waals surface area contributed by atoms with Crippen LogP contribution in [0, 0.1) is 11.8 Å². The number of nitrogens with zero attached hydrogens (tertiary/aromatic N) is 2. The Morgan fingerprint density at radius 2 is 2.29 bits per heavy atom. The van der Waals surface area contributed by atoms with Gasteiger partial charge >= 0.3 is 5.69 Å². The van der Waals surface area contributed by atoms with Crippen LogP contribution < -0.4 is 11.4 Å². The summed E-state index contributed by atoms with van der Waals surface area (Å²) in [7, 11) is 0. The first-order chi connectivity index (χ1) is 8.17. The van der Waals surface area contributed by atoms with Gasteiger partial charge in [0.2, 0.25) is 0 Å².